The minimum absolute atomic E-state index is 0.203. The Bertz CT molecular complexity index is 329. The first kappa shape index (κ1) is 12.7. The van der Waals surface area contributed by atoms with Crippen LogP contribution in [-0.2, 0) is 11.2 Å². The Morgan fingerprint density at radius 1 is 1.38 bits per heavy atom. The van der Waals surface area contributed by atoms with Crippen LogP contribution in [0.15, 0.2) is 30.3 Å². The normalized spacial score (nSPS) is 11.9. The molecule has 3 N–H and O–H groups in total. The van der Waals surface area contributed by atoms with Gasteiger partial charge >= 0.3 is 7.12 Å². The van der Waals surface area contributed by atoms with E-state index >= 15 is 0 Å². The van der Waals surface area contributed by atoms with Gasteiger partial charge in [-0.15, -0.1) is 0 Å². The summed E-state index contributed by atoms with van der Waals surface area (Å²) in [7, 11) is -1.51. The maximum Gasteiger partial charge on any atom is 0.475 e. The van der Waals surface area contributed by atoms with Gasteiger partial charge in [-0.2, -0.15) is 0 Å². The Morgan fingerprint density at radius 2 is 2.00 bits per heavy atom. The van der Waals surface area contributed by atoms with Gasteiger partial charge in [0.05, 0.1) is 12.4 Å². The average Bonchev–Trinajstić information content (AvgIpc) is 2.27. The highest BCUT2D eigenvalue weighted by Gasteiger charge is 2.22. The number of carbonyl (C=O) groups excluding carboxylic acids is 1. The van der Waals surface area contributed by atoms with Crippen LogP contribution in [-0.4, -0.2) is 29.0 Å². The molecule has 0 bridgehead atoms. The molecule has 0 spiro atoms. The molecular weight excluding hydrogens is 205 g/mol. The van der Waals surface area contributed by atoms with Crippen LogP contribution in [0.5, 0.6) is 0 Å². The molecule has 0 fully saturated rings. The summed E-state index contributed by atoms with van der Waals surface area (Å²) in [5.74, 6) is -0.803. The third-order valence-corrected chi connectivity index (χ3v) is 2.35. The quantitative estimate of drug-likeness (QED) is 0.619. The van der Waals surface area contributed by atoms with E-state index in [1.54, 1.807) is 6.92 Å². The highest BCUT2D eigenvalue weighted by atomic mass is 16.4. The van der Waals surface area contributed by atoms with Gasteiger partial charge in [-0.3, -0.25) is 4.79 Å². The van der Waals surface area contributed by atoms with E-state index < -0.39 is 13.1 Å². The minimum atomic E-state index is -1.51. The smallest absolute Gasteiger partial charge is 0.426 e. The van der Waals surface area contributed by atoms with E-state index in [0.717, 1.165) is 5.56 Å². The lowest BCUT2D eigenvalue weighted by Crippen LogP contribution is -2.46. The van der Waals surface area contributed by atoms with E-state index in [-0.39, 0.29) is 12.3 Å². The number of nitrogens with one attached hydrogen (secondary N) is 1. The lowest BCUT2D eigenvalue weighted by Gasteiger charge is -2.15. The molecule has 1 amide bonds. The molecule has 1 aromatic carbocycles. The number of hydrogen-bond donors (Lipinski definition) is 3. The molecule has 0 aliphatic rings. The van der Waals surface area contributed by atoms with E-state index in [0.29, 0.717) is 6.42 Å². The van der Waals surface area contributed by atoms with Gasteiger partial charge in [0.15, 0.2) is 0 Å². The summed E-state index contributed by atoms with van der Waals surface area (Å²) in [6.45, 7) is 1.78. The van der Waals surface area contributed by atoms with Crippen molar-refractivity contribution in [1.29, 1.82) is 0 Å². The largest absolute Gasteiger partial charge is 0.475 e. The van der Waals surface area contributed by atoms with Gasteiger partial charge < -0.3 is 15.4 Å². The second-order valence-corrected chi connectivity index (χ2v) is 3.66. The zero-order chi connectivity index (χ0) is 12.0. The first-order valence-corrected chi connectivity index (χ1v) is 5.33. The first-order chi connectivity index (χ1) is 7.63. The standard InChI is InChI=1S/C11H16BNO3/c1-2-10(12(15)16)13-11(14)8-9-6-4-3-5-7-9/h3-7,10,15-16H,2,8H2,1H3,(H,13,14). The molecule has 1 aromatic rings. The van der Waals surface area contributed by atoms with Crippen molar-refractivity contribution in [1.82, 2.24) is 5.32 Å². The zero-order valence-corrected chi connectivity index (χ0v) is 9.26. The van der Waals surface area contributed by atoms with Crippen LogP contribution >= 0.6 is 0 Å². The third-order valence-electron chi connectivity index (χ3n) is 2.35. The predicted molar refractivity (Wildman–Crippen MR) is 62.6 cm³/mol. The second kappa shape index (κ2) is 6.30. The number of hydrogen-bond acceptors (Lipinski definition) is 3. The molecule has 0 aliphatic heterocycles. The van der Waals surface area contributed by atoms with Crippen molar-refractivity contribution in [2.75, 3.05) is 0 Å². The number of rotatable bonds is 5. The Balaban J connectivity index is 2.47. The Labute approximate surface area is 95.4 Å². The average molecular weight is 221 g/mol. The molecule has 16 heavy (non-hydrogen) atoms. The molecule has 1 unspecified atom stereocenters. The maximum atomic E-state index is 11.6. The van der Waals surface area contributed by atoms with Crippen LogP contribution in [0.3, 0.4) is 0 Å². The van der Waals surface area contributed by atoms with E-state index in [1.165, 1.54) is 0 Å². The van der Waals surface area contributed by atoms with Crippen molar-refractivity contribution in [3.05, 3.63) is 35.9 Å². The summed E-state index contributed by atoms with van der Waals surface area (Å²) in [4.78, 5) is 11.6. The van der Waals surface area contributed by atoms with Gasteiger partial charge in [0.2, 0.25) is 5.91 Å². The SMILES string of the molecule is CCC(NC(=O)Cc1ccccc1)B(O)O. The van der Waals surface area contributed by atoms with Crippen molar-refractivity contribution in [2.24, 2.45) is 0 Å². The summed E-state index contributed by atoms with van der Waals surface area (Å²) in [6.07, 6.45) is 0.738. The summed E-state index contributed by atoms with van der Waals surface area (Å²) >= 11 is 0. The molecule has 0 aromatic heterocycles. The molecule has 0 saturated heterocycles. The topological polar surface area (TPSA) is 69.6 Å². The predicted octanol–water partition coefficient (Wildman–Crippen LogP) is 0.136. The van der Waals surface area contributed by atoms with Gasteiger partial charge in [-0.05, 0) is 12.0 Å². The molecule has 0 heterocycles. The van der Waals surface area contributed by atoms with Crippen molar-refractivity contribution in [2.45, 2.75) is 25.7 Å². The Hall–Kier alpha value is -1.33. The lowest BCUT2D eigenvalue weighted by atomic mass is 9.78. The molecule has 5 heteroatoms. The van der Waals surface area contributed by atoms with Gasteiger partial charge in [0.1, 0.15) is 0 Å². The highest BCUT2D eigenvalue weighted by Crippen LogP contribution is 2.00. The molecular formula is C11H16BNO3. The van der Waals surface area contributed by atoms with Crippen LogP contribution in [0, 0.1) is 0 Å². The molecule has 4 nitrogen and oxygen atoms in total. The van der Waals surface area contributed by atoms with Gasteiger partial charge in [0.25, 0.3) is 0 Å². The summed E-state index contributed by atoms with van der Waals surface area (Å²) < 4.78 is 0. The van der Waals surface area contributed by atoms with Gasteiger partial charge in [-0.25, -0.2) is 0 Å². The van der Waals surface area contributed by atoms with E-state index in [2.05, 4.69) is 5.32 Å². The van der Waals surface area contributed by atoms with Crippen LogP contribution in [0.4, 0.5) is 0 Å². The summed E-state index contributed by atoms with van der Waals surface area (Å²) in [5.41, 5.74) is 0.905. The maximum absolute atomic E-state index is 11.6. The third kappa shape index (κ3) is 4.04. The van der Waals surface area contributed by atoms with Crippen LogP contribution < -0.4 is 5.32 Å². The molecule has 0 radical (unpaired) electrons. The van der Waals surface area contributed by atoms with Crippen molar-refractivity contribution < 1.29 is 14.8 Å². The number of carbonyl (C=O) groups is 1. The van der Waals surface area contributed by atoms with Gasteiger partial charge in [-0.1, -0.05) is 37.3 Å². The van der Waals surface area contributed by atoms with Crippen LogP contribution in [0.25, 0.3) is 0 Å². The molecule has 0 aliphatic carbocycles. The molecule has 1 rings (SSSR count). The van der Waals surface area contributed by atoms with Crippen molar-refractivity contribution in [3.63, 3.8) is 0 Å². The summed E-state index contributed by atoms with van der Waals surface area (Å²) in [6, 6.07) is 9.32. The minimum Gasteiger partial charge on any atom is -0.426 e. The lowest BCUT2D eigenvalue weighted by molar-refractivity contribution is -0.120. The fourth-order valence-corrected chi connectivity index (χ4v) is 1.43. The molecule has 86 valence electrons. The zero-order valence-electron chi connectivity index (χ0n) is 9.26. The fourth-order valence-electron chi connectivity index (χ4n) is 1.43. The number of benzene rings is 1. The second-order valence-electron chi connectivity index (χ2n) is 3.66. The van der Waals surface area contributed by atoms with Crippen LogP contribution in [0.1, 0.15) is 18.9 Å². The van der Waals surface area contributed by atoms with E-state index in [4.69, 9.17) is 10.0 Å². The highest BCUT2D eigenvalue weighted by molar-refractivity contribution is 6.43. The number of amides is 1. The molecule has 1 atom stereocenters. The monoisotopic (exact) mass is 221 g/mol. The van der Waals surface area contributed by atoms with Crippen molar-refractivity contribution >= 4 is 13.0 Å². The first-order valence-electron chi connectivity index (χ1n) is 5.33. The van der Waals surface area contributed by atoms with Crippen molar-refractivity contribution in [3.8, 4) is 0 Å². The van der Waals surface area contributed by atoms with Crippen LogP contribution in [0.2, 0.25) is 0 Å². The Kier molecular flexibility index (Phi) is 5.02. The van der Waals surface area contributed by atoms with E-state index in [9.17, 15) is 4.79 Å². The van der Waals surface area contributed by atoms with Gasteiger partial charge in [0, 0.05) is 0 Å². The molecule has 0 saturated carbocycles. The summed E-state index contributed by atoms with van der Waals surface area (Å²) in [5, 5.41) is 20.5. The van der Waals surface area contributed by atoms with E-state index in [1.807, 2.05) is 30.3 Å². The Morgan fingerprint density at radius 3 is 2.50 bits per heavy atom. The fraction of sp³-hybridized carbons (Fsp3) is 0.364.